The van der Waals surface area contributed by atoms with Crippen LogP contribution in [0.15, 0.2) is 18.7 Å². The lowest BCUT2D eigenvalue weighted by atomic mass is 9.95. The summed E-state index contributed by atoms with van der Waals surface area (Å²) < 4.78 is 7.41. The predicted octanol–water partition coefficient (Wildman–Crippen LogP) is 1.41. The normalized spacial score (nSPS) is 22.2. The van der Waals surface area contributed by atoms with Gasteiger partial charge < -0.3 is 14.2 Å². The molecule has 3 rings (SSSR count). The number of nitrogens with zero attached hydrogens (tertiary/aromatic N) is 4. The van der Waals surface area contributed by atoms with E-state index in [1.165, 1.54) is 0 Å². The fraction of sp³-hybridized carbons (Fsp3) is 0.765. The van der Waals surface area contributed by atoms with Gasteiger partial charge in [0.1, 0.15) is 0 Å². The second-order valence-electron chi connectivity index (χ2n) is 6.80. The molecule has 1 unspecified atom stereocenters. The number of carbonyl (C=O) groups is 1. The predicted molar refractivity (Wildman–Crippen MR) is 88.1 cm³/mol. The minimum atomic E-state index is 0.177. The SMILES string of the molecule is CC(CC(=O)N1CCC(CN2CCOCC2)CC1)n1ccnc1. The summed E-state index contributed by atoms with van der Waals surface area (Å²) in [5, 5.41) is 0. The van der Waals surface area contributed by atoms with Crippen LogP contribution in [0.5, 0.6) is 0 Å². The fourth-order valence-electron chi connectivity index (χ4n) is 3.53. The van der Waals surface area contributed by atoms with Gasteiger partial charge in [-0.25, -0.2) is 4.98 Å². The Kier molecular flexibility index (Phi) is 5.67. The molecule has 6 nitrogen and oxygen atoms in total. The number of morpholine rings is 1. The first-order valence-electron chi connectivity index (χ1n) is 8.77. The van der Waals surface area contributed by atoms with E-state index in [-0.39, 0.29) is 11.9 Å². The first kappa shape index (κ1) is 16.5. The van der Waals surface area contributed by atoms with Gasteiger partial charge in [0, 0.05) is 57.6 Å². The molecule has 0 saturated carbocycles. The van der Waals surface area contributed by atoms with Gasteiger partial charge in [-0.2, -0.15) is 0 Å². The Morgan fingerprint density at radius 3 is 2.65 bits per heavy atom. The van der Waals surface area contributed by atoms with Gasteiger partial charge in [-0.3, -0.25) is 9.69 Å². The summed E-state index contributed by atoms with van der Waals surface area (Å²) in [5.74, 6) is 0.999. The summed E-state index contributed by atoms with van der Waals surface area (Å²) in [4.78, 5) is 21.1. The Hall–Kier alpha value is -1.40. The first-order chi connectivity index (χ1) is 11.2. The third kappa shape index (κ3) is 4.54. The van der Waals surface area contributed by atoms with Crippen LogP contribution in [0.1, 0.15) is 32.2 Å². The zero-order chi connectivity index (χ0) is 16.1. The number of likely N-dealkylation sites (tertiary alicyclic amines) is 1. The Balaban J connectivity index is 1.40. The molecule has 3 heterocycles. The maximum absolute atomic E-state index is 12.5. The lowest BCUT2D eigenvalue weighted by Crippen LogP contribution is -2.44. The van der Waals surface area contributed by atoms with Crippen LogP contribution >= 0.6 is 0 Å². The molecule has 0 radical (unpaired) electrons. The van der Waals surface area contributed by atoms with E-state index in [1.807, 2.05) is 15.7 Å². The maximum atomic E-state index is 12.5. The van der Waals surface area contributed by atoms with E-state index in [0.717, 1.165) is 64.7 Å². The van der Waals surface area contributed by atoms with Crippen LogP contribution in [0.2, 0.25) is 0 Å². The van der Waals surface area contributed by atoms with Gasteiger partial charge in [0.05, 0.1) is 19.5 Å². The highest BCUT2D eigenvalue weighted by Crippen LogP contribution is 2.21. The molecule has 23 heavy (non-hydrogen) atoms. The zero-order valence-electron chi connectivity index (χ0n) is 14.1. The Morgan fingerprint density at radius 1 is 1.26 bits per heavy atom. The Bertz CT molecular complexity index is 477. The topological polar surface area (TPSA) is 50.6 Å². The molecule has 1 aromatic heterocycles. The second kappa shape index (κ2) is 7.93. The Morgan fingerprint density at radius 2 is 2.00 bits per heavy atom. The van der Waals surface area contributed by atoms with Crippen molar-refractivity contribution in [1.29, 1.82) is 0 Å². The highest BCUT2D eigenvalue weighted by atomic mass is 16.5. The molecular formula is C17H28N4O2. The summed E-state index contributed by atoms with van der Waals surface area (Å²) in [6, 6.07) is 0.177. The number of ether oxygens (including phenoxy) is 1. The van der Waals surface area contributed by atoms with Crippen molar-refractivity contribution < 1.29 is 9.53 Å². The van der Waals surface area contributed by atoms with Crippen LogP contribution in [0.3, 0.4) is 0 Å². The number of hydrogen-bond acceptors (Lipinski definition) is 4. The highest BCUT2D eigenvalue weighted by molar-refractivity contribution is 5.76. The van der Waals surface area contributed by atoms with Gasteiger partial charge in [-0.1, -0.05) is 0 Å². The second-order valence-corrected chi connectivity index (χ2v) is 6.80. The molecule has 2 aliphatic heterocycles. The molecule has 0 bridgehead atoms. The van der Waals surface area contributed by atoms with E-state index >= 15 is 0 Å². The van der Waals surface area contributed by atoms with Gasteiger partial charge in [0.25, 0.3) is 0 Å². The quantitative estimate of drug-likeness (QED) is 0.823. The van der Waals surface area contributed by atoms with Crippen LogP contribution < -0.4 is 0 Å². The Labute approximate surface area is 138 Å². The van der Waals surface area contributed by atoms with E-state index in [1.54, 1.807) is 12.5 Å². The number of amides is 1. The molecule has 1 amide bonds. The molecule has 0 spiro atoms. The first-order valence-corrected chi connectivity index (χ1v) is 8.77. The van der Waals surface area contributed by atoms with Crippen molar-refractivity contribution in [2.75, 3.05) is 45.9 Å². The van der Waals surface area contributed by atoms with Gasteiger partial charge in [0.15, 0.2) is 0 Å². The smallest absolute Gasteiger partial charge is 0.224 e. The molecule has 2 fully saturated rings. The van der Waals surface area contributed by atoms with Gasteiger partial charge in [0.2, 0.25) is 5.91 Å². The largest absolute Gasteiger partial charge is 0.379 e. The third-order valence-corrected chi connectivity index (χ3v) is 5.09. The lowest BCUT2D eigenvalue weighted by Gasteiger charge is -2.36. The van der Waals surface area contributed by atoms with E-state index in [2.05, 4.69) is 16.8 Å². The number of carbonyl (C=O) groups excluding carboxylic acids is 1. The average Bonchev–Trinajstić information content (AvgIpc) is 3.11. The summed E-state index contributed by atoms with van der Waals surface area (Å²) in [5.41, 5.74) is 0. The van der Waals surface area contributed by atoms with Crippen molar-refractivity contribution in [2.45, 2.75) is 32.2 Å². The standard InChI is InChI=1S/C17H28N4O2/c1-15(21-7-4-18-14-21)12-17(22)20-5-2-16(3-6-20)13-19-8-10-23-11-9-19/h4,7,14-16H,2-3,5-6,8-13H2,1H3. The molecule has 1 aromatic rings. The number of imidazole rings is 1. The van der Waals surface area contributed by atoms with Gasteiger partial charge >= 0.3 is 0 Å². The van der Waals surface area contributed by atoms with Crippen molar-refractivity contribution in [3.8, 4) is 0 Å². The van der Waals surface area contributed by atoms with Crippen molar-refractivity contribution in [2.24, 2.45) is 5.92 Å². The van der Waals surface area contributed by atoms with Gasteiger partial charge in [-0.15, -0.1) is 0 Å². The number of piperidine rings is 1. The maximum Gasteiger partial charge on any atom is 0.224 e. The van der Waals surface area contributed by atoms with Crippen LogP contribution in [0.25, 0.3) is 0 Å². The van der Waals surface area contributed by atoms with Crippen molar-refractivity contribution in [1.82, 2.24) is 19.4 Å². The highest BCUT2D eigenvalue weighted by Gasteiger charge is 2.25. The molecule has 1 atom stereocenters. The van der Waals surface area contributed by atoms with Crippen molar-refractivity contribution in [3.63, 3.8) is 0 Å². The van der Waals surface area contributed by atoms with Crippen LogP contribution in [-0.2, 0) is 9.53 Å². The van der Waals surface area contributed by atoms with Crippen LogP contribution in [0, 0.1) is 5.92 Å². The molecule has 6 heteroatoms. The zero-order valence-corrected chi connectivity index (χ0v) is 14.1. The number of hydrogen-bond donors (Lipinski definition) is 0. The van der Waals surface area contributed by atoms with E-state index < -0.39 is 0 Å². The summed E-state index contributed by atoms with van der Waals surface area (Å²) in [6.45, 7) is 8.90. The molecule has 2 aliphatic rings. The summed E-state index contributed by atoms with van der Waals surface area (Å²) in [6.07, 6.45) is 8.28. The van der Waals surface area contributed by atoms with E-state index in [0.29, 0.717) is 6.42 Å². The molecule has 128 valence electrons. The van der Waals surface area contributed by atoms with Crippen LogP contribution in [0.4, 0.5) is 0 Å². The molecule has 0 aliphatic carbocycles. The fourth-order valence-corrected chi connectivity index (χ4v) is 3.53. The van der Waals surface area contributed by atoms with Gasteiger partial charge in [-0.05, 0) is 25.7 Å². The van der Waals surface area contributed by atoms with Crippen LogP contribution in [-0.4, -0.2) is 71.2 Å². The molecule has 0 aromatic carbocycles. The van der Waals surface area contributed by atoms with Crippen molar-refractivity contribution >= 4 is 5.91 Å². The minimum Gasteiger partial charge on any atom is -0.379 e. The van der Waals surface area contributed by atoms with Crippen molar-refractivity contribution in [3.05, 3.63) is 18.7 Å². The van der Waals surface area contributed by atoms with E-state index in [4.69, 9.17) is 4.74 Å². The molecular weight excluding hydrogens is 292 g/mol. The lowest BCUT2D eigenvalue weighted by molar-refractivity contribution is -0.133. The molecule has 0 N–H and O–H groups in total. The third-order valence-electron chi connectivity index (χ3n) is 5.09. The van der Waals surface area contributed by atoms with E-state index in [9.17, 15) is 4.79 Å². The number of aromatic nitrogens is 2. The molecule has 2 saturated heterocycles. The summed E-state index contributed by atoms with van der Waals surface area (Å²) >= 11 is 0. The monoisotopic (exact) mass is 320 g/mol. The minimum absolute atomic E-state index is 0.177. The number of rotatable bonds is 5. The summed E-state index contributed by atoms with van der Waals surface area (Å²) in [7, 11) is 0. The average molecular weight is 320 g/mol.